The van der Waals surface area contributed by atoms with Crippen LogP contribution >= 0.6 is 11.6 Å². The van der Waals surface area contributed by atoms with Crippen molar-refractivity contribution in [1.82, 2.24) is 9.97 Å². The average Bonchev–Trinajstić information content (AvgIpc) is 2.15. The molecule has 1 aromatic heterocycles. The monoisotopic (exact) mass is 240 g/mol. The highest BCUT2D eigenvalue weighted by atomic mass is 35.5. The van der Waals surface area contributed by atoms with E-state index >= 15 is 0 Å². The predicted molar refractivity (Wildman–Crippen MR) is 56.9 cm³/mol. The van der Waals surface area contributed by atoms with Gasteiger partial charge in [0.15, 0.2) is 0 Å². The van der Waals surface area contributed by atoms with Gasteiger partial charge in [-0.25, -0.2) is 4.39 Å². The zero-order chi connectivity index (χ0) is 11.7. The van der Waals surface area contributed by atoms with Crippen LogP contribution in [0, 0.1) is 5.82 Å². The Morgan fingerprint density at radius 3 is 2.75 bits per heavy atom. The van der Waals surface area contributed by atoms with Crippen molar-refractivity contribution in [3.63, 3.8) is 0 Å². The molecule has 0 unspecified atom stereocenters. The Balaban J connectivity index is 2.63. The molecule has 0 aliphatic heterocycles. The average molecular weight is 241 g/mol. The summed E-state index contributed by atoms with van der Waals surface area (Å²) in [6.45, 7) is 0. The van der Waals surface area contributed by atoms with Gasteiger partial charge in [0.05, 0.1) is 11.1 Å². The molecule has 1 aromatic carbocycles. The van der Waals surface area contributed by atoms with Crippen molar-refractivity contribution in [3.05, 3.63) is 45.5 Å². The molecule has 16 heavy (non-hydrogen) atoms. The van der Waals surface area contributed by atoms with Gasteiger partial charge in [-0.1, -0.05) is 11.6 Å². The number of aromatic nitrogens is 2. The molecule has 0 aliphatic carbocycles. The first-order valence-corrected chi connectivity index (χ1v) is 4.70. The molecule has 0 fully saturated rings. The van der Waals surface area contributed by atoms with E-state index in [1.165, 1.54) is 12.1 Å². The summed E-state index contributed by atoms with van der Waals surface area (Å²) in [6.07, 6.45) is 0. The fourth-order valence-electron chi connectivity index (χ4n) is 1.25. The second-order valence-corrected chi connectivity index (χ2v) is 3.48. The standard InChI is InChI=1S/C10H6ClFN2O2/c11-7-3-5(12)1-2-6(7)10-13-8(15)4-9(16)14-10/h1-4H,(H2,13,14,15,16). The van der Waals surface area contributed by atoms with Crippen LogP contribution in [0.15, 0.2) is 29.1 Å². The highest BCUT2D eigenvalue weighted by Gasteiger charge is 2.08. The first kappa shape index (κ1) is 10.6. The van der Waals surface area contributed by atoms with Crippen LogP contribution in [0.2, 0.25) is 5.02 Å². The van der Waals surface area contributed by atoms with Gasteiger partial charge in [0.25, 0.3) is 5.56 Å². The maximum absolute atomic E-state index is 12.8. The van der Waals surface area contributed by atoms with Crippen LogP contribution < -0.4 is 5.56 Å². The van der Waals surface area contributed by atoms with E-state index in [4.69, 9.17) is 16.7 Å². The SMILES string of the molecule is O=c1cc(O)nc(-c2ccc(F)cc2Cl)[nH]1. The molecule has 6 heteroatoms. The number of H-pyrrole nitrogens is 1. The molecule has 2 aromatic rings. The molecule has 0 saturated heterocycles. The third-order valence-corrected chi connectivity index (χ3v) is 2.23. The Kier molecular flexibility index (Phi) is 2.62. The van der Waals surface area contributed by atoms with Gasteiger partial charge in [0.2, 0.25) is 5.88 Å². The lowest BCUT2D eigenvalue weighted by atomic mass is 10.2. The number of benzene rings is 1. The Morgan fingerprint density at radius 1 is 1.38 bits per heavy atom. The van der Waals surface area contributed by atoms with Crippen molar-refractivity contribution < 1.29 is 9.50 Å². The summed E-state index contributed by atoms with van der Waals surface area (Å²) in [5.74, 6) is -0.814. The number of hydrogen-bond donors (Lipinski definition) is 2. The van der Waals surface area contributed by atoms with Crippen LogP contribution in [-0.4, -0.2) is 15.1 Å². The molecule has 0 bridgehead atoms. The number of nitrogens with zero attached hydrogens (tertiary/aromatic N) is 1. The van der Waals surface area contributed by atoms with Gasteiger partial charge in [-0.3, -0.25) is 4.79 Å². The molecule has 0 spiro atoms. The topological polar surface area (TPSA) is 66.0 Å². The first-order chi connectivity index (χ1) is 7.56. The summed E-state index contributed by atoms with van der Waals surface area (Å²) < 4.78 is 12.8. The van der Waals surface area contributed by atoms with E-state index in [-0.39, 0.29) is 10.8 Å². The lowest BCUT2D eigenvalue weighted by molar-refractivity contribution is 0.452. The van der Waals surface area contributed by atoms with Crippen LogP contribution in [0.25, 0.3) is 11.4 Å². The molecule has 0 aliphatic rings. The van der Waals surface area contributed by atoms with Crippen molar-refractivity contribution in [2.24, 2.45) is 0 Å². The minimum absolute atomic E-state index is 0.0926. The van der Waals surface area contributed by atoms with E-state index in [0.717, 1.165) is 12.1 Å². The zero-order valence-electron chi connectivity index (χ0n) is 7.87. The van der Waals surface area contributed by atoms with E-state index in [2.05, 4.69) is 9.97 Å². The second kappa shape index (κ2) is 3.94. The van der Waals surface area contributed by atoms with Crippen molar-refractivity contribution >= 4 is 11.6 Å². The van der Waals surface area contributed by atoms with Crippen LogP contribution in [0.4, 0.5) is 4.39 Å². The predicted octanol–water partition coefficient (Wildman–Crippen LogP) is 1.93. The molecule has 0 radical (unpaired) electrons. The van der Waals surface area contributed by atoms with Gasteiger partial charge in [-0.15, -0.1) is 0 Å². The maximum Gasteiger partial charge on any atom is 0.254 e. The normalized spacial score (nSPS) is 10.4. The lowest BCUT2D eigenvalue weighted by Crippen LogP contribution is -2.06. The molecule has 0 amide bonds. The number of aromatic hydroxyl groups is 1. The van der Waals surface area contributed by atoms with Crippen molar-refractivity contribution in [2.75, 3.05) is 0 Å². The maximum atomic E-state index is 12.8. The van der Waals surface area contributed by atoms with Crippen molar-refractivity contribution in [1.29, 1.82) is 0 Å². The van der Waals surface area contributed by atoms with Gasteiger partial charge in [-0.05, 0) is 18.2 Å². The lowest BCUT2D eigenvalue weighted by Gasteiger charge is -2.03. The quantitative estimate of drug-likeness (QED) is 0.801. The fourth-order valence-corrected chi connectivity index (χ4v) is 1.51. The molecular weight excluding hydrogens is 235 g/mol. The summed E-state index contributed by atoms with van der Waals surface area (Å²) in [7, 11) is 0. The molecule has 1 heterocycles. The smallest absolute Gasteiger partial charge is 0.254 e. The Labute approximate surface area is 94.4 Å². The summed E-state index contributed by atoms with van der Waals surface area (Å²) in [6, 6.07) is 4.59. The number of hydrogen-bond acceptors (Lipinski definition) is 3. The van der Waals surface area contributed by atoms with Gasteiger partial charge in [0.1, 0.15) is 11.6 Å². The minimum Gasteiger partial charge on any atom is -0.493 e. The summed E-state index contributed by atoms with van der Waals surface area (Å²) in [4.78, 5) is 17.2. The van der Waals surface area contributed by atoms with Gasteiger partial charge < -0.3 is 10.1 Å². The Bertz CT molecular complexity index is 598. The third kappa shape index (κ3) is 2.04. The molecule has 2 rings (SSSR count). The second-order valence-electron chi connectivity index (χ2n) is 3.08. The number of halogens is 2. The largest absolute Gasteiger partial charge is 0.493 e. The van der Waals surface area contributed by atoms with Crippen LogP contribution in [-0.2, 0) is 0 Å². The summed E-state index contributed by atoms with van der Waals surface area (Å²) in [5.41, 5.74) is -0.168. The van der Waals surface area contributed by atoms with Gasteiger partial charge >= 0.3 is 0 Å². The van der Waals surface area contributed by atoms with Crippen molar-refractivity contribution in [3.8, 4) is 17.3 Å². The van der Waals surface area contributed by atoms with Gasteiger partial charge in [-0.2, -0.15) is 4.98 Å². The summed E-state index contributed by atoms with van der Waals surface area (Å²) in [5, 5.41) is 9.26. The van der Waals surface area contributed by atoms with E-state index < -0.39 is 17.3 Å². The molecule has 4 nitrogen and oxygen atoms in total. The van der Waals surface area contributed by atoms with E-state index in [1.54, 1.807) is 0 Å². The highest BCUT2D eigenvalue weighted by molar-refractivity contribution is 6.33. The molecule has 82 valence electrons. The summed E-state index contributed by atoms with van der Waals surface area (Å²) >= 11 is 5.79. The van der Waals surface area contributed by atoms with E-state index in [9.17, 15) is 9.18 Å². The number of aromatic amines is 1. The van der Waals surface area contributed by atoms with Crippen molar-refractivity contribution in [2.45, 2.75) is 0 Å². The Hall–Kier alpha value is -1.88. The molecule has 0 saturated carbocycles. The van der Waals surface area contributed by atoms with E-state index in [1.807, 2.05) is 0 Å². The zero-order valence-corrected chi connectivity index (χ0v) is 8.62. The molecule has 2 N–H and O–H groups in total. The minimum atomic E-state index is -0.511. The fraction of sp³-hybridized carbons (Fsp3) is 0. The number of rotatable bonds is 1. The highest BCUT2D eigenvalue weighted by Crippen LogP contribution is 2.25. The van der Waals surface area contributed by atoms with Crippen LogP contribution in [0.3, 0.4) is 0 Å². The third-order valence-electron chi connectivity index (χ3n) is 1.91. The number of nitrogens with one attached hydrogen (secondary N) is 1. The first-order valence-electron chi connectivity index (χ1n) is 4.32. The molecular formula is C10H6ClFN2O2. The Morgan fingerprint density at radius 2 is 2.12 bits per heavy atom. The van der Waals surface area contributed by atoms with Crippen LogP contribution in [0.5, 0.6) is 5.88 Å². The van der Waals surface area contributed by atoms with Gasteiger partial charge in [0, 0.05) is 5.56 Å². The van der Waals surface area contributed by atoms with E-state index in [0.29, 0.717) is 5.56 Å². The van der Waals surface area contributed by atoms with Crippen LogP contribution in [0.1, 0.15) is 0 Å². The molecule has 0 atom stereocenters.